The number of hydrogen-bond donors (Lipinski definition) is 1. The number of benzene rings is 2. The molecule has 138 valence electrons. The number of aromatic nitrogens is 2. The van der Waals surface area contributed by atoms with Crippen molar-refractivity contribution in [2.75, 3.05) is 5.32 Å². The number of hydrogen-bond acceptors (Lipinski definition) is 2. The second-order valence-electron chi connectivity index (χ2n) is 8.17. The zero-order valence-electron chi connectivity index (χ0n) is 16.1. The van der Waals surface area contributed by atoms with Gasteiger partial charge in [-0.15, -0.1) is 0 Å². The van der Waals surface area contributed by atoms with Gasteiger partial charge in [0.05, 0.1) is 11.9 Å². The van der Waals surface area contributed by atoms with Crippen LogP contribution in [-0.2, 0) is 18.4 Å². The average molecular weight is 359 g/mol. The third kappa shape index (κ3) is 3.52. The van der Waals surface area contributed by atoms with Gasteiger partial charge >= 0.3 is 0 Å². The van der Waals surface area contributed by atoms with E-state index in [1.807, 2.05) is 54.7 Å². The number of fused-ring (bicyclic) bond motifs is 1. The molecule has 3 aromatic rings. The summed E-state index contributed by atoms with van der Waals surface area (Å²) in [5, 5.41) is 2.98. The highest BCUT2D eigenvalue weighted by Crippen LogP contribution is 2.27. The zero-order chi connectivity index (χ0) is 19.0. The Kier molecular flexibility index (Phi) is 4.34. The van der Waals surface area contributed by atoms with Gasteiger partial charge in [0.15, 0.2) is 0 Å². The molecule has 2 heterocycles. The molecule has 0 radical (unpaired) electrons. The first-order chi connectivity index (χ1) is 12.9. The molecule has 0 unspecified atom stereocenters. The normalized spacial score (nSPS) is 13.4. The van der Waals surface area contributed by atoms with Crippen LogP contribution in [0.25, 0.3) is 11.3 Å². The van der Waals surface area contributed by atoms with Crippen molar-refractivity contribution in [1.29, 1.82) is 0 Å². The van der Waals surface area contributed by atoms with E-state index < -0.39 is 0 Å². The number of nitrogens with zero attached hydrogens (tertiary/aromatic N) is 2. The monoisotopic (exact) mass is 359 g/mol. The van der Waals surface area contributed by atoms with Crippen LogP contribution in [0.5, 0.6) is 0 Å². The fourth-order valence-corrected chi connectivity index (χ4v) is 3.54. The molecule has 1 N–H and O–H groups in total. The summed E-state index contributed by atoms with van der Waals surface area (Å²) in [6, 6.07) is 15.8. The summed E-state index contributed by atoms with van der Waals surface area (Å²) in [6.07, 6.45) is 4.17. The van der Waals surface area contributed by atoms with E-state index in [0.717, 1.165) is 36.3 Å². The minimum atomic E-state index is -0.0894. The molecule has 0 saturated carbocycles. The van der Waals surface area contributed by atoms with Crippen LogP contribution in [0.15, 0.2) is 54.7 Å². The summed E-state index contributed by atoms with van der Waals surface area (Å²) < 4.78 is 2.28. The van der Waals surface area contributed by atoms with Crippen molar-refractivity contribution in [3.8, 4) is 11.3 Å². The first-order valence-electron chi connectivity index (χ1n) is 9.48. The second-order valence-corrected chi connectivity index (χ2v) is 8.17. The molecule has 1 aliphatic heterocycles. The maximum atomic E-state index is 12.5. The Morgan fingerprint density at radius 2 is 1.74 bits per heavy atom. The molecule has 0 saturated heterocycles. The van der Waals surface area contributed by atoms with Crippen LogP contribution in [0.4, 0.5) is 5.69 Å². The number of anilines is 1. The SMILES string of the molecule is CC(C)(C)c1ccc(C(=O)Nc2ccc(-c3cnc4n3CCC4)cc2)cc1. The third-order valence-electron chi connectivity index (χ3n) is 5.17. The minimum Gasteiger partial charge on any atom is -0.328 e. The number of aryl methyl sites for hydroxylation is 1. The second kappa shape index (κ2) is 6.69. The van der Waals surface area contributed by atoms with E-state index in [0.29, 0.717) is 5.56 Å². The molecule has 0 atom stereocenters. The highest BCUT2D eigenvalue weighted by Gasteiger charge is 2.17. The van der Waals surface area contributed by atoms with Gasteiger partial charge in [0.2, 0.25) is 0 Å². The minimum absolute atomic E-state index is 0.0820. The molecule has 0 bridgehead atoms. The molecular formula is C23H25N3O. The van der Waals surface area contributed by atoms with Gasteiger partial charge in [-0.3, -0.25) is 4.79 Å². The maximum absolute atomic E-state index is 12.5. The van der Waals surface area contributed by atoms with Gasteiger partial charge in [0.25, 0.3) is 5.91 Å². The van der Waals surface area contributed by atoms with Crippen LogP contribution in [0.2, 0.25) is 0 Å². The molecule has 0 aliphatic carbocycles. The Hall–Kier alpha value is -2.88. The molecule has 2 aromatic carbocycles. The number of imidazole rings is 1. The molecule has 4 heteroatoms. The number of carbonyl (C=O) groups excluding carboxylic acids is 1. The van der Waals surface area contributed by atoms with Crippen molar-refractivity contribution < 1.29 is 4.79 Å². The van der Waals surface area contributed by atoms with Crippen LogP contribution >= 0.6 is 0 Å². The number of rotatable bonds is 3. The predicted octanol–water partition coefficient (Wildman–Crippen LogP) is 5.05. The Balaban J connectivity index is 1.47. The summed E-state index contributed by atoms with van der Waals surface area (Å²) in [7, 11) is 0. The number of amides is 1. The molecule has 1 aromatic heterocycles. The van der Waals surface area contributed by atoms with Gasteiger partial charge in [-0.2, -0.15) is 0 Å². The molecule has 0 spiro atoms. The first-order valence-corrected chi connectivity index (χ1v) is 9.48. The van der Waals surface area contributed by atoms with E-state index in [9.17, 15) is 4.79 Å². The number of nitrogens with one attached hydrogen (secondary N) is 1. The van der Waals surface area contributed by atoms with Crippen molar-refractivity contribution in [2.24, 2.45) is 0 Å². The Bertz CT molecular complexity index is 960. The van der Waals surface area contributed by atoms with E-state index in [4.69, 9.17) is 0 Å². The Morgan fingerprint density at radius 3 is 2.41 bits per heavy atom. The fraction of sp³-hybridized carbons (Fsp3) is 0.304. The van der Waals surface area contributed by atoms with Gasteiger partial charge in [0, 0.05) is 24.2 Å². The average Bonchev–Trinajstić information content (AvgIpc) is 3.25. The zero-order valence-corrected chi connectivity index (χ0v) is 16.1. The van der Waals surface area contributed by atoms with Crippen LogP contribution in [0.1, 0.15) is 48.9 Å². The van der Waals surface area contributed by atoms with Crippen molar-refractivity contribution in [3.63, 3.8) is 0 Å². The van der Waals surface area contributed by atoms with E-state index in [1.54, 1.807) is 0 Å². The Morgan fingerprint density at radius 1 is 1.04 bits per heavy atom. The molecule has 0 fully saturated rings. The van der Waals surface area contributed by atoms with Crippen molar-refractivity contribution in [1.82, 2.24) is 9.55 Å². The van der Waals surface area contributed by atoms with Crippen molar-refractivity contribution in [2.45, 2.75) is 45.6 Å². The maximum Gasteiger partial charge on any atom is 0.255 e. The van der Waals surface area contributed by atoms with E-state index in [1.165, 1.54) is 11.4 Å². The quantitative estimate of drug-likeness (QED) is 0.711. The van der Waals surface area contributed by atoms with Crippen LogP contribution in [-0.4, -0.2) is 15.5 Å². The standard InChI is InChI=1S/C23H25N3O/c1-23(2,3)18-10-6-17(7-11-18)22(27)25-19-12-8-16(9-13-19)20-15-24-21-5-4-14-26(20)21/h6-13,15H,4-5,14H2,1-3H3,(H,25,27). The Labute approximate surface area is 160 Å². The number of carbonyl (C=O) groups is 1. The largest absolute Gasteiger partial charge is 0.328 e. The van der Waals surface area contributed by atoms with E-state index >= 15 is 0 Å². The van der Waals surface area contributed by atoms with Gasteiger partial charge in [0.1, 0.15) is 5.82 Å². The van der Waals surface area contributed by atoms with Crippen LogP contribution < -0.4 is 5.32 Å². The van der Waals surface area contributed by atoms with E-state index in [2.05, 4.69) is 35.6 Å². The first kappa shape index (κ1) is 17.5. The molecular weight excluding hydrogens is 334 g/mol. The van der Waals surface area contributed by atoms with Crippen molar-refractivity contribution in [3.05, 3.63) is 71.7 Å². The summed E-state index contributed by atoms with van der Waals surface area (Å²) in [5.41, 5.74) is 5.04. The summed E-state index contributed by atoms with van der Waals surface area (Å²) in [5.74, 6) is 1.08. The lowest BCUT2D eigenvalue weighted by Gasteiger charge is -2.19. The van der Waals surface area contributed by atoms with Crippen molar-refractivity contribution >= 4 is 11.6 Å². The topological polar surface area (TPSA) is 46.9 Å². The lowest BCUT2D eigenvalue weighted by Crippen LogP contribution is -2.14. The highest BCUT2D eigenvalue weighted by molar-refractivity contribution is 6.04. The third-order valence-corrected chi connectivity index (χ3v) is 5.17. The fourth-order valence-electron chi connectivity index (χ4n) is 3.54. The van der Waals surface area contributed by atoms with Crippen LogP contribution in [0.3, 0.4) is 0 Å². The summed E-state index contributed by atoms with van der Waals surface area (Å²) >= 11 is 0. The highest BCUT2D eigenvalue weighted by atomic mass is 16.1. The van der Waals surface area contributed by atoms with Gasteiger partial charge in [-0.1, -0.05) is 45.0 Å². The summed E-state index contributed by atoms with van der Waals surface area (Å²) in [4.78, 5) is 17.0. The molecule has 1 aliphatic rings. The lowest BCUT2D eigenvalue weighted by molar-refractivity contribution is 0.102. The smallest absolute Gasteiger partial charge is 0.255 e. The van der Waals surface area contributed by atoms with Gasteiger partial charge < -0.3 is 9.88 Å². The van der Waals surface area contributed by atoms with Crippen LogP contribution in [0, 0.1) is 0 Å². The molecule has 1 amide bonds. The summed E-state index contributed by atoms with van der Waals surface area (Å²) in [6.45, 7) is 7.53. The predicted molar refractivity (Wildman–Crippen MR) is 109 cm³/mol. The lowest BCUT2D eigenvalue weighted by atomic mass is 9.87. The molecule has 4 rings (SSSR count). The van der Waals surface area contributed by atoms with E-state index in [-0.39, 0.29) is 11.3 Å². The van der Waals surface area contributed by atoms with Gasteiger partial charge in [-0.05, 0) is 47.2 Å². The van der Waals surface area contributed by atoms with Gasteiger partial charge in [-0.25, -0.2) is 4.98 Å². The molecule has 27 heavy (non-hydrogen) atoms. The molecule has 4 nitrogen and oxygen atoms in total.